The number of hydrogen-bond acceptors (Lipinski definition) is 5. The van der Waals surface area contributed by atoms with E-state index >= 15 is 0 Å². The zero-order valence-electron chi connectivity index (χ0n) is 14.1. The van der Waals surface area contributed by atoms with Crippen LogP contribution in [0.1, 0.15) is 18.1 Å². The molecule has 1 N–H and O–H groups in total. The normalized spacial score (nSPS) is 17.9. The summed E-state index contributed by atoms with van der Waals surface area (Å²) in [7, 11) is 1.74. The van der Waals surface area contributed by atoms with Gasteiger partial charge >= 0.3 is 6.03 Å². The average Bonchev–Trinajstić information content (AvgIpc) is 3.23. The molecule has 3 heterocycles. The first kappa shape index (κ1) is 15.7. The second kappa shape index (κ2) is 6.62. The zero-order valence-corrected chi connectivity index (χ0v) is 14.1. The van der Waals surface area contributed by atoms with Crippen molar-refractivity contribution < 1.29 is 14.3 Å². The molecule has 0 radical (unpaired) electrons. The number of nitrogens with one attached hydrogen (secondary N) is 1. The van der Waals surface area contributed by atoms with Crippen LogP contribution in [0.3, 0.4) is 0 Å². The Labute approximate surface area is 145 Å². The second-order valence-corrected chi connectivity index (χ2v) is 6.32. The molecule has 132 valence electrons. The predicted octanol–water partition coefficient (Wildman–Crippen LogP) is 1.21. The molecule has 0 fully saturated rings. The molecular formula is C17H21N5O3. The molecule has 2 aliphatic rings. The molecule has 2 aromatic rings. The number of benzene rings is 1. The van der Waals surface area contributed by atoms with E-state index in [-0.39, 0.29) is 12.1 Å². The molecule has 0 unspecified atom stereocenters. The molecule has 0 spiro atoms. The van der Waals surface area contributed by atoms with Crippen LogP contribution in [0.4, 0.5) is 4.79 Å². The molecule has 1 atom stereocenters. The highest BCUT2D eigenvalue weighted by atomic mass is 16.6. The van der Waals surface area contributed by atoms with Crippen LogP contribution in [-0.2, 0) is 19.5 Å². The van der Waals surface area contributed by atoms with E-state index in [0.29, 0.717) is 25.4 Å². The van der Waals surface area contributed by atoms with E-state index in [1.165, 1.54) is 0 Å². The van der Waals surface area contributed by atoms with Crippen molar-refractivity contribution in [2.45, 2.75) is 32.0 Å². The molecule has 4 rings (SSSR count). The van der Waals surface area contributed by atoms with Gasteiger partial charge in [0.25, 0.3) is 0 Å². The van der Waals surface area contributed by atoms with Gasteiger partial charge in [0, 0.05) is 20.0 Å². The maximum atomic E-state index is 12.3. The standard InChI is InChI=1S/C17H21N5O3/c1-21(10-12-11-24-13-5-2-3-6-14(13)25-12)17(23)18-9-16-20-19-15-7-4-8-22(15)16/h2-3,5-6,12H,4,7-11H2,1H3,(H,18,23)/t12-/m0/s1. The lowest BCUT2D eigenvalue weighted by Crippen LogP contribution is -2.45. The Morgan fingerprint density at radius 3 is 3.08 bits per heavy atom. The maximum Gasteiger partial charge on any atom is 0.317 e. The molecule has 8 nitrogen and oxygen atoms in total. The Bertz CT molecular complexity index is 775. The number of nitrogens with zero attached hydrogens (tertiary/aromatic N) is 4. The molecule has 1 aromatic carbocycles. The van der Waals surface area contributed by atoms with Gasteiger partial charge in [0.05, 0.1) is 13.1 Å². The van der Waals surface area contributed by atoms with Crippen LogP contribution in [0.25, 0.3) is 0 Å². The first-order valence-corrected chi connectivity index (χ1v) is 8.49. The van der Waals surface area contributed by atoms with E-state index in [9.17, 15) is 4.79 Å². The van der Waals surface area contributed by atoms with Crippen LogP contribution < -0.4 is 14.8 Å². The summed E-state index contributed by atoms with van der Waals surface area (Å²) in [4.78, 5) is 13.9. The molecular weight excluding hydrogens is 322 g/mol. The van der Waals surface area contributed by atoms with E-state index in [1.807, 2.05) is 24.3 Å². The Morgan fingerprint density at radius 2 is 2.20 bits per heavy atom. The van der Waals surface area contributed by atoms with Gasteiger partial charge in [-0.3, -0.25) is 0 Å². The number of hydrogen-bond donors (Lipinski definition) is 1. The van der Waals surface area contributed by atoms with Crippen molar-refractivity contribution in [3.05, 3.63) is 35.9 Å². The van der Waals surface area contributed by atoms with Crippen molar-refractivity contribution in [2.24, 2.45) is 0 Å². The molecule has 0 saturated heterocycles. The van der Waals surface area contributed by atoms with E-state index in [2.05, 4.69) is 20.1 Å². The maximum absolute atomic E-state index is 12.3. The lowest BCUT2D eigenvalue weighted by molar-refractivity contribution is 0.0715. The van der Waals surface area contributed by atoms with Crippen molar-refractivity contribution in [3.63, 3.8) is 0 Å². The van der Waals surface area contributed by atoms with Crippen molar-refractivity contribution in [1.29, 1.82) is 0 Å². The van der Waals surface area contributed by atoms with Gasteiger partial charge in [-0.2, -0.15) is 0 Å². The summed E-state index contributed by atoms with van der Waals surface area (Å²) in [6, 6.07) is 7.38. The monoisotopic (exact) mass is 343 g/mol. The molecule has 25 heavy (non-hydrogen) atoms. The summed E-state index contributed by atoms with van der Waals surface area (Å²) in [5.74, 6) is 3.27. The molecule has 8 heteroatoms. The molecule has 1 aromatic heterocycles. The molecule has 0 bridgehead atoms. The molecule has 2 aliphatic heterocycles. The summed E-state index contributed by atoms with van der Waals surface area (Å²) in [6.07, 6.45) is 1.86. The average molecular weight is 343 g/mol. The minimum absolute atomic E-state index is 0.169. The lowest BCUT2D eigenvalue weighted by Gasteiger charge is -2.29. The highest BCUT2D eigenvalue weighted by molar-refractivity contribution is 5.73. The molecule has 0 saturated carbocycles. The second-order valence-electron chi connectivity index (χ2n) is 6.32. The van der Waals surface area contributed by atoms with Gasteiger partial charge in [0.15, 0.2) is 23.4 Å². The smallest absolute Gasteiger partial charge is 0.317 e. The van der Waals surface area contributed by atoms with Gasteiger partial charge in [-0.05, 0) is 18.6 Å². The summed E-state index contributed by atoms with van der Waals surface area (Å²) < 4.78 is 13.7. The minimum atomic E-state index is -0.192. The highest BCUT2D eigenvalue weighted by Crippen LogP contribution is 2.30. The fourth-order valence-corrected chi connectivity index (χ4v) is 3.17. The topological polar surface area (TPSA) is 81.5 Å². The quantitative estimate of drug-likeness (QED) is 0.902. The van der Waals surface area contributed by atoms with Crippen LogP contribution >= 0.6 is 0 Å². The number of ether oxygens (including phenoxy) is 2. The van der Waals surface area contributed by atoms with Crippen LogP contribution in [0, 0.1) is 0 Å². The Hall–Kier alpha value is -2.77. The first-order valence-electron chi connectivity index (χ1n) is 8.49. The predicted molar refractivity (Wildman–Crippen MR) is 89.6 cm³/mol. The number of fused-ring (bicyclic) bond motifs is 2. The fraction of sp³-hybridized carbons (Fsp3) is 0.471. The number of carbonyl (C=O) groups is 1. The van der Waals surface area contributed by atoms with Crippen LogP contribution in [0.2, 0.25) is 0 Å². The van der Waals surface area contributed by atoms with E-state index in [0.717, 1.165) is 36.8 Å². The van der Waals surface area contributed by atoms with Gasteiger partial charge in [0.2, 0.25) is 0 Å². The lowest BCUT2D eigenvalue weighted by atomic mass is 10.2. The Balaban J connectivity index is 1.29. The Kier molecular flexibility index (Phi) is 4.17. The van der Waals surface area contributed by atoms with E-state index in [4.69, 9.17) is 9.47 Å². The van der Waals surface area contributed by atoms with Crippen molar-refractivity contribution in [2.75, 3.05) is 20.2 Å². The number of likely N-dealkylation sites (N-methyl/N-ethyl adjacent to an activating group) is 1. The summed E-state index contributed by atoms with van der Waals surface area (Å²) in [5.41, 5.74) is 0. The number of rotatable bonds is 4. The fourth-order valence-electron chi connectivity index (χ4n) is 3.17. The van der Waals surface area contributed by atoms with Gasteiger partial charge in [-0.15, -0.1) is 10.2 Å². The van der Waals surface area contributed by atoms with Crippen molar-refractivity contribution in [1.82, 2.24) is 25.0 Å². The summed E-state index contributed by atoms with van der Waals surface area (Å²) in [5, 5.41) is 11.2. The number of aromatic nitrogens is 3. The van der Waals surface area contributed by atoms with Crippen LogP contribution in [-0.4, -0.2) is 52.0 Å². The van der Waals surface area contributed by atoms with E-state index < -0.39 is 0 Å². The van der Waals surface area contributed by atoms with Gasteiger partial charge in [-0.25, -0.2) is 4.79 Å². The van der Waals surface area contributed by atoms with Gasteiger partial charge in [0.1, 0.15) is 12.4 Å². The van der Waals surface area contributed by atoms with Gasteiger partial charge < -0.3 is 24.3 Å². The first-order chi connectivity index (χ1) is 12.2. The molecule has 0 aliphatic carbocycles. The van der Waals surface area contributed by atoms with Crippen LogP contribution in [0.15, 0.2) is 24.3 Å². The van der Waals surface area contributed by atoms with Crippen LogP contribution in [0.5, 0.6) is 11.5 Å². The van der Waals surface area contributed by atoms with E-state index in [1.54, 1.807) is 11.9 Å². The van der Waals surface area contributed by atoms with Crippen molar-refractivity contribution in [3.8, 4) is 11.5 Å². The molecule has 2 amide bonds. The number of urea groups is 1. The minimum Gasteiger partial charge on any atom is -0.486 e. The summed E-state index contributed by atoms with van der Waals surface area (Å²) in [6.45, 7) is 2.17. The third-order valence-electron chi connectivity index (χ3n) is 4.48. The largest absolute Gasteiger partial charge is 0.486 e. The van der Waals surface area contributed by atoms with Gasteiger partial charge in [-0.1, -0.05) is 12.1 Å². The zero-order chi connectivity index (χ0) is 17.2. The Morgan fingerprint density at radius 1 is 1.36 bits per heavy atom. The number of aryl methyl sites for hydroxylation is 1. The number of amides is 2. The number of carbonyl (C=O) groups excluding carboxylic acids is 1. The summed E-state index contributed by atoms with van der Waals surface area (Å²) >= 11 is 0. The van der Waals surface area contributed by atoms with Crippen molar-refractivity contribution >= 4 is 6.03 Å². The third-order valence-corrected chi connectivity index (χ3v) is 4.48. The third kappa shape index (κ3) is 3.24. The SMILES string of the molecule is CN(C[C@H]1COc2ccccc2O1)C(=O)NCc1nnc2n1CCC2. The highest BCUT2D eigenvalue weighted by Gasteiger charge is 2.24. The number of para-hydroxylation sites is 2.